The molecule has 2 aromatic rings. The molecular weight excluding hydrogens is 376 g/mol. The quantitative estimate of drug-likeness (QED) is 0.806. The van der Waals surface area contributed by atoms with Gasteiger partial charge in [0.05, 0.1) is 17.0 Å². The molecule has 6 nitrogen and oxygen atoms in total. The van der Waals surface area contributed by atoms with Crippen LogP contribution in [0.1, 0.15) is 29.3 Å². The zero-order chi connectivity index (χ0) is 19.7. The minimum absolute atomic E-state index is 0.102. The van der Waals surface area contributed by atoms with Crippen molar-refractivity contribution in [1.82, 2.24) is 0 Å². The molecule has 2 aromatic carbocycles. The van der Waals surface area contributed by atoms with E-state index in [1.807, 2.05) is 24.3 Å². The third-order valence-electron chi connectivity index (χ3n) is 4.86. The van der Waals surface area contributed by atoms with Gasteiger partial charge in [-0.25, -0.2) is 4.79 Å². The van der Waals surface area contributed by atoms with Gasteiger partial charge in [-0.15, -0.1) is 11.8 Å². The summed E-state index contributed by atoms with van der Waals surface area (Å²) in [5, 5.41) is 2.75. The third kappa shape index (κ3) is 3.62. The van der Waals surface area contributed by atoms with Crippen molar-refractivity contribution < 1.29 is 19.1 Å². The zero-order valence-corrected chi connectivity index (χ0v) is 16.3. The number of ether oxygens (including phenoxy) is 1. The molecule has 0 radical (unpaired) electrons. The summed E-state index contributed by atoms with van der Waals surface area (Å²) in [5.74, 6) is -0.559. The first kappa shape index (κ1) is 18.6. The van der Waals surface area contributed by atoms with Crippen molar-refractivity contribution in [1.29, 1.82) is 0 Å². The van der Waals surface area contributed by atoms with Gasteiger partial charge in [-0.2, -0.15) is 0 Å². The molecule has 1 N–H and O–H groups in total. The topological polar surface area (TPSA) is 75.7 Å². The van der Waals surface area contributed by atoms with Gasteiger partial charge in [-0.1, -0.05) is 18.2 Å². The van der Waals surface area contributed by atoms with E-state index in [4.69, 9.17) is 4.74 Å². The number of anilines is 2. The minimum Gasteiger partial charge on any atom is -0.449 e. The normalized spacial score (nSPS) is 16.5. The van der Waals surface area contributed by atoms with Crippen LogP contribution in [0.2, 0.25) is 0 Å². The highest BCUT2D eigenvalue weighted by molar-refractivity contribution is 8.00. The zero-order valence-electron chi connectivity index (χ0n) is 15.4. The van der Waals surface area contributed by atoms with Gasteiger partial charge in [0.25, 0.3) is 5.91 Å². The van der Waals surface area contributed by atoms with E-state index in [1.165, 1.54) is 11.8 Å². The number of benzene rings is 2. The Morgan fingerprint density at radius 1 is 1.21 bits per heavy atom. The van der Waals surface area contributed by atoms with Crippen molar-refractivity contribution >= 4 is 40.9 Å². The summed E-state index contributed by atoms with van der Waals surface area (Å²) in [5.41, 5.74) is 2.92. The molecule has 0 saturated carbocycles. The van der Waals surface area contributed by atoms with Crippen molar-refractivity contribution in [2.45, 2.75) is 30.8 Å². The first-order valence-electron chi connectivity index (χ1n) is 9.20. The van der Waals surface area contributed by atoms with Gasteiger partial charge in [0.15, 0.2) is 6.10 Å². The summed E-state index contributed by atoms with van der Waals surface area (Å²) >= 11 is 1.42. The van der Waals surface area contributed by atoms with E-state index < -0.39 is 12.1 Å². The number of carbonyl (C=O) groups is 3. The maximum atomic E-state index is 12.9. The number of para-hydroxylation sites is 1. The highest BCUT2D eigenvalue weighted by Crippen LogP contribution is 2.32. The largest absolute Gasteiger partial charge is 0.449 e. The number of aryl methyl sites for hydroxylation is 1. The van der Waals surface area contributed by atoms with E-state index in [0.29, 0.717) is 23.5 Å². The van der Waals surface area contributed by atoms with Crippen LogP contribution < -0.4 is 10.2 Å². The molecule has 1 unspecified atom stereocenters. The van der Waals surface area contributed by atoms with E-state index in [0.717, 1.165) is 29.0 Å². The predicted octanol–water partition coefficient (Wildman–Crippen LogP) is 3.26. The van der Waals surface area contributed by atoms with Gasteiger partial charge in [-0.05, 0) is 49.6 Å². The van der Waals surface area contributed by atoms with Crippen LogP contribution in [0.4, 0.5) is 11.4 Å². The second kappa shape index (κ2) is 7.67. The van der Waals surface area contributed by atoms with Crippen molar-refractivity contribution in [3.63, 3.8) is 0 Å². The van der Waals surface area contributed by atoms with E-state index in [2.05, 4.69) is 5.32 Å². The Morgan fingerprint density at radius 3 is 2.89 bits per heavy atom. The van der Waals surface area contributed by atoms with Crippen molar-refractivity contribution in [3.05, 3.63) is 53.6 Å². The number of esters is 1. The fraction of sp³-hybridized carbons (Fsp3) is 0.286. The highest BCUT2D eigenvalue weighted by atomic mass is 32.2. The molecule has 4 rings (SSSR count). The van der Waals surface area contributed by atoms with Crippen molar-refractivity contribution in [2.24, 2.45) is 0 Å². The fourth-order valence-electron chi connectivity index (χ4n) is 3.47. The molecule has 0 aromatic heterocycles. The molecular formula is C21H20N2O4S. The molecule has 0 saturated heterocycles. The summed E-state index contributed by atoms with van der Waals surface area (Å²) in [6.07, 6.45) is 0.914. The average Bonchev–Trinajstić information content (AvgIpc) is 2.72. The third-order valence-corrected chi connectivity index (χ3v) is 5.93. The van der Waals surface area contributed by atoms with Crippen LogP contribution in [0.3, 0.4) is 0 Å². The molecule has 144 valence electrons. The Morgan fingerprint density at radius 2 is 2.04 bits per heavy atom. The van der Waals surface area contributed by atoms with Crippen LogP contribution >= 0.6 is 11.8 Å². The second-order valence-electron chi connectivity index (χ2n) is 6.82. The van der Waals surface area contributed by atoms with Gasteiger partial charge < -0.3 is 15.0 Å². The summed E-state index contributed by atoms with van der Waals surface area (Å²) in [4.78, 5) is 39.6. The number of amides is 2. The molecule has 0 fully saturated rings. The molecule has 2 heterocycles. The first-order valence-corrected chi connectivity index (χ1v) is 10.2. The number of thioether (sulfide) groups is 1. The molecule has 28 heavy (non-hydrogen) atoms. The average molecular weight is 396 g/mol. The van der Waals surface area contributed by atoms with Crippen LogP contribution in [0.25, 0.3) is 0 Å². The van der Waals surface area contributed by atoms with Crippen LogP contribution in [0.5, 0.6) is 0 Å². The summed E-state index contributed by atoms with van der Waals surface area (Å²) < 4.78 is 5.43. The van der Waals surface area contributed by atoms with E-state index in [-0.39, 0.29) is 11.8 Å². The number of carbonyl (C=O) groups excluding carboxylic acids is 3. The Hall–Kier alpha value is -2.80. The molecule has 0 aliphatic carbocycles. The lowest BCUT2D eigenvalue weighted by atomic mass is 10.0. The van der Waals surface area contributed by atoms with Gasteiger partial charge in [-0.3, -0.25) is 9.59 Å². The van der Waals surface area contributed by atoms with Crippen LogP contribution in [-0.2, 0) is 20.7 Å². The molecule has 0 bridgehead atoms. The minimum atomic E-state index is -0.904. The number of rotatable bonds is 3. The maximum absolute atomic E-state index is 12.9. The van der Waals surface area contributed by atoms with Crippen LogP contribution in [0.15, 0.2) is 47.4 Å². The van der Waals surface area contributed by atoms with Crippen molar-refractivity contribution in [3.8, 4) is 0 Å². The lowest BCUT2D eigenvalue weighted by Gasteiger charge is -2.31. The Labute approximate surface area is 167 Å². The SMILES string of the molecule is CC(OC(=O)c1ccc2c(c1)NC(=O)CS2)C(=O)N1CCCc2ccccc21. The molecule has 2 aliphatic heterocycles. The smallest absolute Gasteiger partial charge is 0.338 e. The molecule has 0 spiro atoms. The molecule has 2 amide bonds. The number of hydrogen-bond acceptors (Lipinski definition) is 5. The van der Waals surface area contributed by atoms with Gasteiger partial charge in [0.1, 0.15) is 0 Å². The molecule has 7 heteroatoms. The van der Waals surface area contributed by atoms with E-state index in [1.54, 1.807) is 30.0 Å². The van der Waals surface area contributed by atoms with Crippen LogP contribution in [-0.4, -0.2) is 36.2 Å². The van der Waals surface area contributed by atoms with Gasteiger partial charge in [0.2, 0.25) is 5.91 Å². The summed E-state index contributed by atoms with van der Waals surface area (Å²) in [6, 6.07) is 12.8. The van der Waals surface area contributed by atoms with Gasteiger partial charge in [0, 0.05) is 17.1 Å². The number of nitrogens with one attached hydrogen (secondary N) is 1. The number of fused-ring (bicyclic) bond motifs is 2. The monoisotopic (exact) mass is 396 g/mol. The maximum Gasteiger partial charge on any atom is 0.338 e. The fourth-order valence-corrected chi connectivity index (χ4v) is 4.26. The second-order valence-corrected chi connectivity index (χ2v) is 7.83. The Balaban J connectivity index is 1.47. The summed E-state index contributed by atoms with van der Waals surface area (Å²) in [7, 11) is 0. The molecule has 2 aliphatic rings. The van der Waals surface area contributed by atoms with E-state index in [9.17, 15) is 14.4 Å². The molecule has 1 atom stereocenters. The first-order chi connectivity index (χ1) is 13.5. The standard InChI is InChI=1S/C21H20N2O4S/c1-13(20(25)23-10-4-6-14-5-2-3-7-17(14)23)27-21(26)15-8-9-18-16(11-15)22-19(24)12-28-18/h2-3,5,7-9,11,13H,4,6,10,12H2,1H3,(H,22,24). The highest BCUT2D eigenvalue weighted by Gasteiger charge is 2.29. The van der Waals surface area contributed by atoms with Crippen molar-refractivity contribution in [2.75, 3.05) is 22.5 Å². The Bertz CT molecular complexity index is 959. The summed E-state index contributed by atoms with van der Waals surface area (Å²) in [6.45, 7) is 2.20. The predicted molar refractivity (Wildman–Crippen MR) is 108 cm³/mol. The lowest BCUT2D eigenvalue weighted by molar-refractivity contribution is -0.126. The number of nitrogens with zero attached hydrogens (tertiary/aromatic N) is 1. The number of hydrogen-bond donors (Lipinski definition) is 1. The van der Waals surface area contributed by atoms with E-state index >= 15 is 0 Å². The van der Waals surface area contributed by atoms with Gasteiger partial charge >= 0.3 is 5.97 Å². The Kier molecular flexibility index (Phi) is 5.09. The lowest BCUT2D eigenvalue weighted by Crippen LogP contribution is -2.42. The van der Waals surface area contributed by atoms with Crippen LogP contribution in [0, 0.1) is 0 Å².